The van der Waals surface area contributed by atoms with Crippen LogP contribution in [0.15, 0.2) is 18.2 Å². The molecule has 0 spiro atoms. The number of nitrogens with one attached hydrogen (secondary N) is 1. The minimum atomic E-state index is -3.87. The lowest BCUT2D eigenvalue weighted by molar-refractivity contribution is 0.603. The zero-order chi connectivity index (χ0) is 10.8. The molecular weight excluding hydrogens is 226 g/mol. The molecule has 0 radical (unpaired) electrons. The summed E-state index contributed by atoms with van der Waals surface area (Å²) in [6, 6.07) is 5.96. The van der Waals surface area contributed by atoms with Crippen molar-refractivity contribution >= 4 is 27.5 Å². The summed E-state index contributed by atoms with van der Waals surface area (Å²) in [6.45, 7) is 0. The highest BCUT2D eigenvalue weighted by Gasteiger charge is 2.07. The minimum Gasteiger partial charge on any atom is -0.270 e. The van der Waals surface area contributed by atoms with Crippen molar-refractivity contribution in [1.29, 1.82) is 5.26 Å². The Bertz CT molecular complexity index is 492. The van der Waals surface area contributed by atoms with Crippen molar-refractivity contribution in [2.24, 2.45) is 5.14 Å². The van der Waals surface area contributed by atoms with E-state index in [9.17, 15) is 8.42 Å². The molecule has 0 atom stereocenters. The molecule has 5 nitrogen and oxygen atoms in total. The average Bonchev–Trinajstić information content (AvgIpc) is 2.06. The summed E-state index contributed by atoms with van der Waals surface area (Å²) in [6.07, 6.45) is 0. The maximum Gasteiger partial charge on any atom is 0.296 e. The van der Waals surface area contributed by atoms with E-state index in [1.54, 1.807) is 6.07 Å². The molecule has 1 aromatic rings. The number of halogens is 1. The van der Waals surface area contributed by atoms with Crippen molar-refractivity contribution in [3.8, 4) is 6.07 Å². The third-order valence-electron chi connectivity index (χ3n) is 1.35. The van der Waals surface area contributed by atoms with E-state index in [0.717, 1.165) is 0 Å². The highest BCUT2D eigenvalue weighted by molar-refractivity contribution is 7.90. The molecule has 7 heteroatoms. The van der Waals surface area contributed by atoms with Crippen LogP contribution in [0, 0.1) is 11.3 Å². The zero-order valence-electron chi connectivity index (χ0n) is 6.86. The first kappa shape index (κ1) is 10.8. The van der Waals surface area contributed by atoms with Gasteiger partial charge in [-0.05, 0) is 18.2 Å². The molecular formula is C7H6ClN3O2S. The lowest BCUT2D eigenvalue weighted by Crippen LogP contribution is -2.22. The summed E-state index contributed by atoms with van der Waals surface area (Å²) < 4.78 is 23.4. The zero-order valence-corrected chi connectivity index (χ0v) is 8.43. The number of anilines is 1. The summed E-state index contributed by atoms with van der Waals surface area (Å²) in [7, 11) is -3.87. The van der Waals surface area contributed by atoms with E-state index in [0.29, 0.717) is 5.02 Å². The first-order valence-electron chi connectivity index (χ1n) is 3.42. The van der Waals surface area contributed by atoms with Crippen LogP contribution in [0.3, 0.4) is 0 Å². The van der Waals surface area contributed by atoms with Gasteiger partial charge in [0.05, 0.1) is 11.3 Å². The first-order chi connectivity index (χ1) is 6.42. The molecule has 0 aromatic heterocycles. The predicted octanol–water partition coefficient (Wildman–Crippen LogP) is 0.827. The van der Waals surface area contributed by atoms with E-state index in [1.165, 1.54) is 18.2 Å². The molecule has 0 amide bonds. The van der Waals surface area contributed by atoms with Crippen LogP contribution in [0.5, 0.6) is 0 Å². The molecule has 0 bridgehead atoms. The third kappa shape index (κ3) is 2.88. The highest BCUT2D eigenvalue weighted by Crippen LogP contribution is 2.20. The van der Waals surface area contributed by atoms with Crippen molar-refractivity contribution in [2.45, 2.75) is 0 Å². The van der Waals surface area contributed by atoms with E-state index >= 15 is 0 Å². The minimum absolute atomic E-state index is 0.111. The average molecular weight is 232 g/mol. The second-order valence-corrected chi connectivity index (χ2v) is 4.18. The fourth-order valence-electron chi connectivity index (χ4n) is 0.851. The Labute approximate surface area is 86.3 Å². The number of hydrogen-bond acceptors (Lipinski definition) is 3. The maximum atomic E-state index is 10.7. The van der Waals surface area contributed by atoms with Crippen molar-refractivity contribution in [3.05, 3.63) is 28.8 Å². The molecule has 3 N–H and O–H groups in total. The smallest absolute Gasteiger partial charge is 0.270 e. The number of nitriles is 1. The van der Waals surface area contributed by atoms with Crippen LogP contribution in [0.25, 0.3) is 0 Å². The normalized spacial score (nSPS) is 10.6. The molecule has 0 aliphatic rings. The Morgan fingerprint density at radius 1 is 1.50 bits per heavy atom. The van der Waals surface area contributed by atoms with Gasteiger partial charge < -0.3 is 0 Å². The molecule has 1 aromatic carbocycles. The van der Waals surface area contributed by atoms with Crippen LogP contribution < -0.4 is 9.86 Å². The predicted molar refractivity (Wildman–Crippen MR) is 52.9 cm³/mol. The summed E-state index contributed by atoms with van der Waals surface area (Å²) in [4.78, 5) is 0. The Hall–Kier alpha value is -1.29. The largest absolute Gasteiger partial charge is 0.296 e. The summed E-state index contributed by atoms with van der Waals surface area (Å²) in [5.41, 5.74) is 0.228. The van der Waals surface area contributed by atoms with Crippen LogP contribution in [-0.2, 0) is 10.2 Å². The summed E-state index contributed by atoms with van der Waals surface area (Å²) in [5, 5.41) is 13.8. The van der Waals surface area contributed by atoms with Crippen LogP contribution in [0.2, 0.25) is 5.02 Å². The van der Waals surface area contributed by atoms with Gasteiger partial charge in [0.25, 0.3) is 10.2 Å². The van der Waals surface area contributed by atoms with Crippen molar-refractivity contribution in [3.63, 3.8) is 0 Å². The lowest BCUT2D eigenvalue weighted by Gasteiger charge is -2.04. The Kier molecular flexibility index (Phi) is 2.96. The standard InChI is InChI=1S/C7H6ClN3O2S/c8-6-1-2-7(5(3-6)4-9)11-14(10,12)13/h1-3,11H,(H2,10,12,13). The molecule has 1 rings (SSSR count). The fraction of sp³-hybridized carbons (Fsp3) is 0. The number of nitrogens with two attached hydrogens (primary N) is 1. The molecule has 0 saturated carbocycles. The molecule has 0 fully saturated rings. The number of hydrogen-bond donors (Lipinski definition) is 2. The van der Waals surface area contributed by atoms with Crippen molar-refractivity contribution in [1.82, 2.24) is 0 Å². The van der Waals surface area contributed by atoms with Crippen LogP contribution in [0.4, 0.5) is 5.69 Å². The first-order valence-corrected chi connectivity index (χ1v) is 5.35. The topological polar surface area (TPSA) is 96.0 Å². The summed E-state index contributed by atoms with van der Waals surface area (Å²) in [5.74, 6) is 0. The SMILES string of the molecule is N#Cc1cc(Cl)ccc1NS(N)(=O)=O. The van der Waals surface area contributed by atoms with Gasteiger partial charge in [-0.3, -0.25) is 4.72 Å². The molecule has 0 heterocycles. The van der Waals surface area contributed by atoms with E-state index in [-0.39, 0.29) is 11.3 Å². The van der Waals surface area contributed by atoms with Crippen molar-refractivity contribution in [2.75, 3.05) is 4.72 Å². The summed E-state index contributed by atoms with van der Waals surface area (Å²) >= 11 is 5.61. The van der Waals surface area contributed by atoms with Gasteiger partial charge in [0.1, 0.15) is 6.07 Å². The number of nitrogens with zero attached hydrogens (tertiary/aromatic N) is 1. The second-order valence-electron chi connectivity index (χ2n) is 2.45. The molecule has 0 saturated heterocycles. The van der Waals surface area contributed by atoms with E-state index in [4.69, 9.17) is 22.0 Å². The molecule has 14 heavy (non-hydrogen) atoms. The van der Waals surface area contributed by atoms with Gasteiger partial charge >= 0.3 is 0 Å². The van der Waals surface area contributed by atoms with Crippen molar-refractivity contribution < 1.29 is 8.42 Å². The lowest BCUT2D eigenvalue weighted by atomic mass is 10.2. The number of rotatable bonds is 2. The van der Waals surface area contributed by atoms with Gasteiger partial charge in [-0.2, -0.15) is 13.7 Å². The van der Waals surface area contributed by atoms with Gasteiger partial charge in [0.15, 0.2) is 0 Å². The third-order valence-corrected chi connectivity index (χ3v) is 2.09. The van der Waals surface area contributed by atoms with E-state index in [2.05, 4.69) is 0 Å². The Morgan fingerprint density at radius 3 is 2.64 bits per heavy atom. The Morgan fingerprint density at radius 2 is 2.14 bits per heavy atom. The van der Waals surface area contributed by atoms with E-state index in [1.807, 2.05) is 4.72 Å². The molecule has 74 valence electrons. The molecule has 0 unspecified atom stereocenters. The van der Waals surface area contributed by atoms with Gasteiger partial charge in [-0.25, -0.2) is 5.14 Å². The van der Waals surface area contributed by atoms with Gasteiger partial charge in [0, 0.05) is 5.02 Å². The fourth-order valence-corrected chi connectivity index (χ4v) is 1.51. The monoisotopic (exact) mass is 231 g/mol. The van der Waals surface area contributed by atoms with Crippen LogP contribution >= 0.6 is 11.6 Å². The van der Waals surface area contributed by atoms with Crippen LogP contribution in [0.1, 0.15) is 5.56 Å². The second kappa shape index (κ2) is 3.84. The molecule has 0 aliphatic heterocycles. The van der Waals surface area contributed by atoms with Gasteiger partial charge in [0.2, 0.25) is 0 Å². The molecule has 0 aliphatic carbocycles. The Balaban J connectivity index is 3.17. The highest BCUT2D eigenvalue weighted by atomic mass is 35.5. The van der Waals surface area contributed by atoms with Crippen LogP contribution in [-0.4, -0.2) is 8.42 Å². The van der Waals surface area contributed by atoms with Gasteiger partial charge in [-0.15, -0.1) is 0 Å². The maximum absolute atomic E-state index is 10.7. The quantitative estimate of drug-likeness (QED) is 0.789. The van der Waals surface area contributed by atoms with E-state index < -0.39 is 10.2 Å². The number of benzene rings is 1. The van der Waals surface area contributed by atoms with Gasteiger partial charge in [-0.1, -0.05) is 11.6 Å².